The summed E-state index contributed by atoms with van der Waals surface area (Å²) in [6.07, 6.45) is 11.9. The lowest BCUT2D eigenvalue weighted by Gasteiger charge is -2.22. The predicted octanol–water partition coefficient (Wildman–Crippen LogP) is 6.61. The second-order valence-corrected chi connectivity index (χ2v) is 6.35. The maximum Gasteiger partial charge on any atom is -0.0206 e. The van der Waals surface area contributed by atoms with Gasteiger partial charge in [-0.15, -0.1) is 0 Å². The second kappa shape index (κ2) is 10.6. The van der Waals surface area contributed by atoms with Crippen LogP contribution in [0.4, 0.5) is 0 Å². The van der Waals surface area contributed by atoms with E-state index in [1.54, 1.807) is 5.57 Å². The summed E-state index contributed by atoms with van der Waals surface area (Å²) in [4.78, 5) is 0. The Morgan fingerprint density at radius 3 is 2.11 bits per heavy atom. The molecule has 0 aliphatic heterocycles. The average molecular weight is 252 g/mol. The van der Waals surface area contributed by atoms with Crippen LogP contribution in [0.2, 0.25) is 0 Å². The number of hydrogen-bond donors (Lipinski definition) is 0. The van der Waals surface area contributed by atoms with E-state index < -0.39 is 0 Å². The lowest BCUT2D eigenvalue weighted by molar-refractivity contribution is 0.411. The first kappa shape index (κ1) is 17.7. The highest BCUT2D eigenvalue weighted by molar-refractivity contribution is 5.06. The molecule has 0 aromatic rings. The van der Waals surface area contributed by atoms with Crippen LogP contribution in [0.1, 0.15) is 86.5 Å². The topological polar surface area (TPSA) is 0 Å². The zero-order valence-corrected chi connectivity index (χ0v) is 13.8. The Hall–Kier alpha value is -0.260. The molecule has 0 nitrogen and oxygen atoms in total. The van der Waals surface area contributed by atoms with E-state index in [0.717, 1.165) is 17.8 Å². The number of hydrogen-bond acceptors (Lipinski definition) is 0. The minimum atomic E-state index is 0.778. The summed E-state index contributed by atoms with van der Waals surface area (Å²) in [6.45, 7) is 14.0. The van der Waals surface area contributed by atoms with Gasteiger partial charge in [0, 0.05) is 0 Å². The molecular weight excluding hydrogens is 216 g/mol. The molecule has 0 aromatic carbocycles. The molecule has 0 aliphatic rings. The molecule has 0 fully saturated rings. The Labute approximate surface area is 116 Å². The van der Waals surface area contributed by atoms with Gasteiger partial charge in [0.25, 0.3) is 0 Å². The van der Waals surface area contributed by atoms with Crippen LogP contribution in [-0.4, -0.2) is 0 Å². The van der Waals surface area contributed by atoms with Crippen molar-refractivity contribution in [3.05, 3.63) is 11.6 Å². The second-order valence-electron chi connectivity index (χ2n) is 6.35. The molecule has 2 unspecified atom stereocenters. The van der Waals surface area contributed by atoms with Crippen molar-refractivity contribution in [3.63, 3.8) is 0 Å². The number of rotatable bonds is 10. The SMILES string of the molecule is CCC=C(CCCCCC(C)C)C(C)C(C)CC. The summed E-state index contributed by atoms with van der Waals surface area (Å²) in [5.41, 5.74) is 1.72. The van der Waals surface area contributed by atoms with E-state index in [0.29, 0.717) is 0 Å². The molecule has 0 heterocycles. The summed E-state index contributed by atoms with van der Waals surface area (Å²) >= 11 is 0. The van der Waals surface area contributed by atoms with Gasteiger partial charge in [-0.2, -0.15) is 0 Å². The van der Waals surface area contributed by atoms with Crippen molar-refractivity contribution in [3.8, 4) is 0 Å². The lowest BCUT2D eigenvalue weighted by Crippen LogP contribution is -2.10. The summed E-state index contributed by atoms with van der Waals surface area (Å²) < 4.78 is 0. The molecule has 0 saturated carbocycles. The lowest BCUT2D eigenvalue weighted by atomic mass is 9.84. The third-order valence-corrected chi connectivity index (χ3v) is 4.30. The quantitative estimate of drug-likeness (QED) is 0.303. The molecule has 2 atom stereocenters. The minimum absolute atomic E-state index is 0.778. The van der Waals surface area contributed by atoms with Crippen molar-refractivity contribution < 1.29 is 0 Å². The first-order chi connectivity index (χ1) is 8.52. The first-order valence-electron chi connectivity index (χ1n) is 8.21. The van der Waals surface area contributed by atoms with Crippen molar-refractivity contribution >= 4 is 0 Å². The number of unbranched alkanes of at least 4 members (excludes halogenated alkanes) is 2. The Balaban J connectivity index is 4.02. The average Bonchev–Trinajstić information content (AvgIpc) is 2.34. The predicted molar refractivity (Wildman–Crippen MR) is 84.9 cm³/mol. The van der Waals surface area contributed by atoms with Crippen LogP contribution in [0.5, 0.6) is 0 Å². The molecule has 18 heavy (non-hydrogen) atoms. The van der Waals surface area contributed by atoms with Crippen LogP contribution in [0.3, 0.4) is 0 Å². The fourth-order valence-electron chi connectivity index (χ4n) is 2.56. The van der Waals surface area contributed by atoms with Gasteiger partial charge >= 0.3 is 0 Å². The smallest absolute Gasteiger partial charge is 0.0206 e. The summed E-state index contributed by atoms with van der Waals surface area (Å²) in [7, 11) is 0. The van der Waals surface area contributed by atoms with Gasteiger partial charge in [0.1, 0.15) is 0 Å². The molecule has 0 spiro atoms. The molecular formula is C18H36. The monoisotopic (exact) mass is 252 g/mol. The van der Waals surface area contributed by atoms with Crippen molar-refractivity contribution in [2.24, 2.45) is 17.8 Å². The number of allylic oxidation sites excluding steroid dienone is 2. The van der Waals surface area contributed by atoms with Gasteiger partial charge in [0.15, 0.2) is 0 Å². The van der Waals surface area contributed by atoms with E-state index in [1.165, 1.54) is 44.9 Å². The van der Waals surface area contributed by atoms with E-state index in [2.05, 4.69) is 47.6 Å². The maximum absolute atomic E-state index is 2.49. The van der Waals surface area contributed by atoms with Crippen molar-refractivity contribution in [1.82, 2.24) is 0 Å². The maximum atomic E-state index is 2.49. The van der Waals surface area contributed by atoms with Crippen molar-refractivity contribution in [2.45, 2.75) is 86.5 Å². The van der Waals surface area contributed by atoms with E-state index in [-0.39, 0.29) is 0 Å². The molecule has 0 radical (unpaired) electrons. The van der Waals surface area contributed by atoms with Crippen molar-refractivity contribution in [2.75, 3.05) is 0 Å². The standard InChI is InChI=1S/C18H36/c1-7-12-18(17(6)16(5)8-2)14-11-9-10-13-15(3)4/h12,15-17H,7-11,13-14H2,1-6H3. The largest absolute Gasteiger partial charge is 0.0853 e. The summed E-state index contributed by atoms with van der Waals surface area (Å²) in [5, 5.41) is 0. The first-order valence-corrected chi connectivity index (χ1v) is 8.21. The molecule has 0 aromatic heterocycles. The van der Waals surface area contributed by atoms with Gasteiger partial charge < -0.3 is 0 Å². The van der Waals surface area contributed by atoms with Crippen LogP contribution < -0.4 is 0 Å². The van der Waals surface area contributed by atoms with Gasteiger partial charge in [-0.1, -0.05) is 78.9 Å². The fraction of sp³-hybridized carbons (Fsp3) is 0.889. The zero-order valence-electron chi connectivity index (χ0n) is 13.8. The molecule has 108 valence electrons. The molecule has 0 amide bonds. The Morgan fingerprint density at radius 2 is 1.61 bits per heavy atom. The van der Waals surface area contributed by atoms with Gasteiger partial charge in [0.05, 0.1) is 0 Å². The Kier molecular flexibility index (Phi) is 10.5. The van der Waals surface area contributed by atoms with E-state index in [9.17, 15) is 0 Å². The van der Waals surface area contributed by atoms with E-state index in [4.69, 9.17) is 0 Å². The summed E-state index contributed by atoms with van der Waals surface area (Å²) in [5.74, 6) is 2.48. The molecule has 0 aliphatic carbocycles. The van der Waals surface area contributed by atoms with Crippen LogP contribution in [0, 0.1) is 17.8 Å². The third-order valence-electron chi connectivity index (χ3n) is 4.30. The van der Waals surface area contributed by atoms with Crippen molar-refractivity contribution in [1.29, 1.82) is 0 Å². The normalized spacial score (nSPS) is 16.1. The molecule has 0 heteroatoms. The third kappa shape index (κ3) is 7.95. The van der Waals surface area contributed by atoms with E-state index >= 15 is 0 Å². The van der Waals surface area contributed by atoms with Crippen LogP contribution in [0.15, 0.2) is 11.6 Å². The van der Waals surface area contributed by atoms with Gasteiger partial charge in [0.2, 0.25) is 0 Å². The van der Waals surface area contributed by atoms with Crippen LogP contribution in [-0.2, 0) is 0 Å². The van der Waals surface area contributed by atoms with Crippen LogP contribution in [0.25, 0.3) is 0 Å². The van der Waals surface area contributed by atoms with Gasteiger partial charge in [-0.05, 0) is 37.0 Å². The van der Waals surface area contributed by atoms with Gasteiger partial charge in [-0.3, -0.25) is 0 Å². The molecule has 0 rings (SSSR count). The molecule has 0 N–H and O–H groups in total. The highest BCUT2D eigenvalue weighted by atomic mass is 14.2. The highest BCUT2D eigenvalue weighted by Crippen LogP contribution is 2.27. The molecule has 0 saturated heterocycles. The Bertz CT molecular complexity index is 212. The van der Waals surface area contributed by atoms with Gasteiger partial charge in [-0.25, -0.2) is 0 Å². The van der Waals surface area contributed by atoms with Crippen LogP contribution >= 0.6 is 0 Å². The Morgan fingerprint density at radius 1 is 0.944 bits per heavy atom. The van der Waals surface area contributed by atoms with E-state index in [1.807, 2.05) is 0 Å². The highest BCUT2D eigenvalue weighted by Gasteiger charge is 2.14. The minimum Gasteiger partial charge on any atom is -0.0853 e. The zero-order chi connectivity index (χ0) is 14.0. The molecule has 0 bridgehead atoms. The summed E-state index contributed by atoms with van der Waals surface area (Å²) in [6, 6.07) is 0. The fourth-order valence-corrected chi connectivity index (χ4v) is 2.56.